The predicted molar refractivity (Wildman–Crippen MR) is 78.6 cm³/mol. The van der Waals surface area contributed by atoms with Crippen LogP contribution in [0.1, 0.15) is 43.8 Å². The minimum absolute atomic E-state index is 0.0288. The zero-order valence-electron chi connectivity index (χ0n) is 11.7. The SMILES string of the molecule is O=C1CC2(CCCC2)C(=O)N1CC(O)c1ccc(Cl)cc1. The normalized spacial score (nSPS) is 22.3. The van der Waals surface area contributed by atoms with Crippen molar-refractivity contribution in [3.05, 3.63) is 34.9 Å². The summed E-state index contributed by atoms with van der Waals surface area (Å²) < 4.78 is 0. The molecule has 1 heterocycles. The summed E-state index contributed by atoms with van der Waals surface area (Å²) in [5.74, 6) is -0.257. The number of hydrogen-bond donors (Lipinski definition) is 1. The van der Waals surface area contributed by atoms with Crippen LogP contribution in [0.4, 0.5) is 0 Å². The summed E-state index contributed by atoms with van der Waals surface area (Å²) >= 11 is 5.81. The van der Waals surface area contributed by atoms with Gasteiger partial charge in [-0.25, -0.2) is 0 Å². The standard InChI is InChI=1S/C16H18ClNO3/c17-12-5-3-11(4-6-12)13(19)10-18-14(20)9-16(15(18)21)7-1-2-8-16/h3-6,13,19H,1-2,7-10H2. The number of aliphatic hydroxyl groups excluding tert-OH is 1. The molecule has 1 N–H and O–H groups in total. The third-order valence-corrected chi connectivity index (χ3v) is 4.91. The van der Waals surface area contributed by atoms with Crippen LogP contribution in [-0.2, 0) is 9.59 Å². The lowest BCUT2D eigenvalue weighted by Gasteiger charge is -2.23. The molecule has 1 aliphatic heterocycles. The number of nitrogens with zero attached hydrogens (tertiary/aromatic N) is 1. The Morgan fingerprint density at radius 2 is 1.81 bits per heavy atom. The summed E-state index contributed by atoms with van der Waals surface area (Å²) in [6.45, 7) is 0.0288. The van der Waals surface area contributed by atoms with Crippen LogP contribution < -0.4 is 0 Å². The zero-order valence-corrected chi connectivity index (χ0v) is 12.5. The Morgan fingerprint density at radius 3 is 2.43 bits per heavy atom. The molecule has 1 saturated carbocycles. The van der Waals surface area contributed by atoms with E-state index >= 15 is 0 Å². The van der Waals surface area contributed by atoms with Crippen LogP contribution in [0.5, 0.6) is 0 Å². The van der Waals surface area contributed by atoms with Crippen LogP contribution in [0.25, 0.3) is 0 Å². The van der Waals surface area contributed by atoms with Crippen molar-refractivity contribution < 1.29 is 14.7 Å². The number of rotatable bonds is 3. The fourth-order valence-corrected chi connectivity index (χ4v) is 3.58. The molecule has 112 valence electrons. The summed E-state index contributed by atoms with van der Waals surface area (Å²) in [5.41, 5.74) is 0.184. The van der Waals surface area contributed by atoms with Crippen molar-refractivity contribution in [1.29, 1.82) is 0 Å². The average Bonchev–Trinajstić information content (AvgIpc) is 3.01. The van der Waals surface area contributed by atoms with Gasteiger partial charge in [-0.15, -0.1) is 0 Å². The highest BCUT2D eigenvalue weighted by molar-refractivity contribution is 6.30. The van der Waals surface area contributed by atoms with Crippen molar-refractivity contribution in [2.45, 2.75) is 38.2 Å². The van der Waals surface area contributed by atoms with Crippen molar-refractivity contribution in [1.82, 2.24) is 4.90 Å². The van der Waals surface area contributed by atoms with Crippen LogP contribution in [0.15, 0.2) is 24.3 Å². The molecular weight excluding hydrogens is 290 g/mol. The first-order valence-electron chi connectivity index (χ1n) is 7.30. The molecule has 0 radical (unpaired) electrons. The van der Waals surface area contributed by atoms with Gasteiger partial charge in [-0.2, -0.15) is 0 Å². The van der Waals surface area contributed by atoms with E-state index in [1.807, 2.05) is 0 Å². The van der Waals surface area contributed by atoms with Crippen LogP contribution in [0, 0.1) is 5.41 Å². The van der Waals surface area contributed by atoms with Gasteiger partial charge in [0.2, 0.25) is 11.8 Å². The van der Waals surface area contributed by atoms with Gasteiger partial charge in [0.05, 0.1) is 18.1 Å². The molecule has 21 heavy (non-hydrogen) atoms. The summed E-state index contributed by atoms with van der Waals surface area (Å²) in [5, 5.41) is 10.8. The fraction of sp³-hybridized carbons (Fsp3) is 0.500. The minimum Gasteiger partial charge on any atom is -0.387 e. The van der Waals surface area contributed by atoms with Gasteiger partial charge in [0.15, 0.2) is 0 Å². The number of hydrogen-bond acceptors (Lipinski definition) is 3. The van der Waals surface area contributed by atoms with Crippen molar-refractivity contribution >= 4 is 23.4 Å². The largest absolute Gasteiger partial charge is 0.387 e. The lowest BCUT2D eigenvalue weighted by molar-refractivity contribution is -0.143. The molecule has 1 aromatic carbocycles. The van der Waals surface area contributed by atoms with E-state index in [2.05, 4.69) is 0 Å². The van der Waals surface area contributed by atoms with E-state index in [1.54, 1.807) is 24.3 Å². The lowest BCUT2D eigenvalue weighted by Crippen LogP contribution is -2.37. The van der Waals surface area contributed by atoms with Gasteiger partial charge in [-0.05, 0) is 30.5 Å². The molecule has 1 saturated heterocycles. The second-order valence-corrected chi connectivity index (χ2v) is 6.48. The maximum atomic E-state index is 12.5. The Morgan fingerprint density at radius 1 is 1.19 bits per heavy atom. The summed E-state index contributed by atoms with van der Waals surface area (Å²) in [7, 11) is 0. The Kier molecular flexibility index (Phi) is 3.76. The number of carbonyl (C=O) groups is 2. The van der Waals surface area contributed by atoms with Gasteiger partial charge >= 0.3 is 0 Å². The van der Waals surface area contributed by atoms with Crippen molar-refractivity contribution in [2.75, 3.05) is 6.54 Å². The summed E-state index contributed by atoms with van der Waals surface area (Å²) in [4.78, 5) is 25.9. The maximum absolute atomic E-state index is 12.5. The predicted octanol–water partition coefficient (Wildman–Crippen LogP) is 2.69. The number of halogens is 1. The summed E-state index contributed by atoms with van der Waals surface area (Å²) in [6.07, 6.45) is 3.04. The van der Waals surface area contributed by atoms with Crippen molar-refractivity contribution in [2.24, 2.45) is 5.41 Å². The van der Waals surface area contributed by atoms with E-state index in [0.29, 0.717) is 17.0 Å². The smallest absolute Gasteiger partial charge is 0.236 e. The number of aliphatic hydroxyl groups is 1. The molecule has 1 spiro atoms. The van der Waals surface area contributed by atoms with Gasteiger partial charge in [0, 0.05) is 11.4 Å². The number of carbonyl (C=O) groups excluding carboxylic acids is 2. The second kappa shape index (κ2) is 5.43. The third kappa shape index (κ3) is 2.58. The maximum Gasteiger partial charge on any atom is 0.236 e. The zero-order chi connectivity index (χ0) is 15.0. The van der Waals surface area contributed by atoms with Gasteiger partial charge in [0.25, 0.3) is 0 Å². The number of likely N-dealkylation sites (tertiary alicyclic amines) is 1. The number of imide groups is 1. The van der Waals surface area contributed by atoms with E-state index in [1.165, 1.54) is 4.90 Å². The Balaban J connectivity index is 1.74. The van der Waals surface area contributed by atoms with Gasteiger partial charge < -0.3 is 5.11 Å². The molecule has 4 nitrogen and oxygen atoms in total. The Hall–Kier alpha value is -1.39. The van der Waals surface area contributed by atoms with E-state index < -0.39 is 11.5 Å². The monoisotopic (exact) mass is 307 g/mol. The van der Waals surface area contributed by atoms with Gasteiger partial charge in [0.1, 0.15) is 0 Å². The Bertz CT molecular complexity index is 563. The Labute approximate surface area is 128 Å². The average molecular weight is 308 g/mol. The highest BCUT2D eigenvalue weighted by Gasteiger charge is 2.52. The highest BCUT2D eigenvalue weighted by atomic mass is 35.5. The number of β-amino-alcohol motifs (C(OH)–C–C–N with tert-alkyl or cyclic N) is 1. The molecule has 1 aliphatic carbocycles. The van der Waals surface area contributed by atoms with Crippen molar-refractivity contribution in [3.8, 4) is 0 Å². The topological polar surface area (TPSA) is 57.6 Å². The molecule has 2 aliphatic rings. The van der Waals surface area contributed by atoms with Crippen molar-refractivity contribution in [3.63, 3.8) is 0 Å². The first-order valence-corrected chi connectivity index (χ1v) is 7.68. The van der Waals surface area contributed by atoms with Crippen LogP contribution in [0.3, 0.4) is 0 Å². The molecule has 2 amide bonds. The highest BCUT2D eigenvalue weighted by Crippen LogP contribution is 2.47. The summed E-state index contributed by atoms with van der Waals surface area (Å²) in [6, 6.07) is 6.80. The lowest BCUT2D eigenvalue weighted by atomic mass is 9.84. The fourth-order valence-electron chi connectivity index (χ4n) is 3.45. The van der Waals surface area contributed by atoms with E-state index in [4.69, 9.17) is 11.6 Å². The van der Waals surface area contributed by atoms with E-state index in [0.717, 1.165) is 25.7 Å². The molecule has 0 bridgehead atoms. The van der Waals surface area contributed by atoms with E-state index in [9.17, 15) is 14.7 Å². The minimum atomic E-state index is -0.869. The number of amides is 2. The van der Waals surface area contributed by atoms with Crippen LogP contribution >= 0.6 is 11.6 Å². The van der Waals surface area contributed by atoms with E-state index in [-0.39, 0.29) is 18.4 Å². The second-order valence-electron chi connectivity index (χ2n) is 6.04. The third-order valence-electron chi connectivity index (χ3n) is 4.66. The van der Waals surface area contributed by atoms with Crippen LogP contribution in [0.2, 0.25) is 5.02 Å². The molecule has 1 unspecified atom stereocenters. The van der Waals surface area contributed by atoms with Gasteiger partial charge in [-0.1, -0.05) is 36.6 Å². The molecular formula is C16H18ClNO3. The molecule has 1 atom stereocenters. The quantitative estimate of drug-likeness (QED) is 0.874. The first-order chi connectivity index (χ1) is 10.0. The molecule has 0 aromatic heterocycles. The molecule has 2 fully saturated rings. The first kappa shape index (κ1) is 14.5. The van der Waals surface area contributed by atoms with Gasteiger partial charge in [-0.3, -0.25) is 14.5 Å². The van der Waals surface area contributed by atoms with Crippen LogP contribution in [-0.4, -0.2) is 28.4 Å². The molecule has 5 heteroatoms. The molecule has 1 aromatic rings. The number of benzene rings is 1. The molecule has 3 rings (SSSR count).